The molecule has 1 aromatic rings. The fourth-order valence-electron chi connectivity index (χ4n) is 2.32. The fourth-order valence-corrected chi connectivity index (χ4v) is 2.70. The van der Waals surface area contributed by atoms with Crippen LogP contribution in [0.25, 0.3) is 0 Å². The summed E-state index contributed by atoms with van der Waals surface area (Å²) in [5.74, 6) is 6.06. The number of hydrogen-bond donors (Lipinski definition) is 3. The largest absolute Gasteiger partial charge is 0.398 e. The molecule has 0 aliphatic carbocycles. The van der Waals surface area contributed by atoms with E-state index in [1.807, 2.05) is 18.2 Å². The van der Waals surface area contributed by atoms with Gasteiger partial charge in [0.2, 0.25) is 0 Å². The van der Waals surface area contributed by atoms with Crippen molar-refractivity contribution >= 4 is 21.6 Å². The number of nitrogen functional groups attached to an aromatic ring is 1. The van der Waals surface area contributed by atoms with Crippen LogP contribution in [0.5, 0.6) is 0 Å². The molecule has 5 N–H and O–H groups in total. The lowest BCUT2D eigenvalue weighted by molar-refractivity contribution is 0.0391. The SMILES string of the molecule is NNC(c1cc(Br)ccc1N)C1CCCOC1. The molecule has 0 radical (unpaired) electrons. The van der Waals surface area contributed by atoms with Gasteiger partial charge < -0.3 is 10.5 Å². The first-order valence-electron chi connectivity index (χ1n) is 5.81. The summed E-state index contributed by atoms with van der Waals surface area (Å²) in [5, 5.41) is 0. The van der Waals surface area contributed by atoms with Crippen molar-refractivity contribution in [1.82, 2.24) is 5.43 Å². The van der Waals surface area contributed by atoms with Gasteiger partial charge in [-0.25, -0.2) is 0 Å². The molecule has 0 saturated carbocycles. The van der Waals surface area contributed by atoms with Crippen molar-refractivity contribution < 1.29 is 4.74 Å². The van der Waals surface area contributed by atoms with Crippen LogP contribution in [-0.2, 0) is 4.74 Å². The van der Waals surface area contributed by atoms with E-state index < -0.39 is 0 Å². The molecule has 1 aliphatic rings. The smallest absolute Gasteiger partial charge is 0.0530 e. The van der Waals surface area contributed by atoms with Crippen LogP contribution in [0.3, 0.4) is 0 Å². The lowest BCUT2D eigenvalue weighted by Crippen LogP contribution is -2.37. The van der Waals surface area contributed by atoms with Gasteiger partial charge in [0, 0.05) is 22.7 Å². The fraction of sp³-hybridized carbons (Fsp3) is 0.500. The van der Waals surface area contributed by atoms with E-state index in [1.54, 1.807) is 0 Å². The monoisotopic (exact) mass is 299 g/mol. The van der Waals surface area contributed by atoms with E-state index in [2.05, 4.69) is 21.4 Å². The Labute approximate surface area is 110 Å². The molecule has 1 heterocycles. The Morgan fingerprint density at radius 1 is 1.47 bits per heavy atom. The predicted octanol–water partition coefficient (Wildman–Crippen LogP) is 1.96. The molecule has 2 atom stereocenters. The van der Waals surface area contributed by atoms with Crippen LogP contribution in [0, 0.1) is 5.92 Å². The van der Waals surface area contributed by atoms with Gasteiger partial charge in [-0.05, 0) is 36.6 Å². The van der Waals surface area contributed by atoms with Crippen LogP contribution in [0.2, 0.25) is 0 Å². The maximum absolute atomic E-state index is 6.02. The minimum atomic E-state index is 0.0489. The minimum Gasteiger partial charge on any atom is -0.398 e. The van der Waals surface area contributed by atoms with Crippen LogP contribution < -0.4 is 17.0 Å². The Balaban J connectivity index is 2.24. The Kier molecular flexibility index (Phi) is 4.39. The summed E-state index contributed by atoms with van der Waals surface area (Å²) in [4.78, 5) is 0. The normalized spacial score (nSPS) is 22.4. The van der Waals surface area contributed by atoms with Gasteiger partial charge in [-0.15, -0.1) is 0 Å². The molecule has 94 valence electrons. The van der Waals surface area contributed by atoms with Gasteiger partial charge in [0.05, 0.1) is 12.6 Å². The number of ether oxygens (including phenoxy) is 1. The van der Waals surface area contributed by atoms with Crippen molar-refractivity contribution in [3.8, 4) is 0 Å². The summed E-state index contributed by atoms with van der Waals surface area (Å²) >= 11 is 3.46. The molecule has 1 fully saturated rings. The number of benzene rings is 1. The summed E-state index contributed by atoms with van der Waals surface area (Å²) in [6.45, 7) is 1.59. The van der Waals surface area contributed by atoms with Gasteiger partial charge in [-0.1, -0.05) is 15.9 Å². The van der Waals surface area contributed by atoms with Crippen molar-refractivity contribution in [2.75, 3.05) is 18.9 Å². The third-order valence-corrected chi connectivity index (χ3v) is 3.72. The van der Waals surface area contributed by atoms with Crippen LogP contribution in [-0.4, -0.2) is 13.2 Å². The Hall–Kier alpha value is -0.620. The van der Waals surface area contributed by atoms with Crippen LogP contribution in [0.15, 0.2) is 22.7 Å². The van der Waals surface area contributed by atoms with Gasteiger partial charge in [-0.3, -0.25) is 11.3 Å². The molecular formula is C12H18BrN3O. The molecule has 1 saturated heterocycles. The molecule has 0 aromatic heterocycles. The topological polar surface area (TPSA) is 73.3 Å². The van der Waals surface area contributed by atoms with Crippen LogP contribution >= 0.6 is 15.9 Å². The van der Waals surface area contributed by atoms with E-state index in [9.17, 15) is 0 Å². The number of anilines is 1. The third kappa shape index (κ3) is 2.98. The van der Waals surface area contributed by atoms with E-state index in [4.69, 9.17) is 16.3 Å². The molecule has 0 amide bonds. The number of nitrogens with two attached hydrogens (primary N) is 2. The Morgan fingerprint density at radius 2 is 2.29 bits per heavy atom. The minimum absolute atomic E-state index is 0.0489. The average molecular weight is 300 g/mol. The van der Waals surface area contributed by atoms with E-state index in [1.165, 1.54) is 0 Å². The molecule has 0 bridgehead atoms. The number of hydrogen-bond acceptors (Lipinski definition) is 4. The highest BCUT2D eigenvalue weighted by Gasteiger charge is 2.26. The lowest BCUT2D eigenvalue weighted by atomic mass is 9.88. The first-order chi connectivity index (χ1) is 8.22. The molecule has 1 aromatic carbocycles. The zero-order valence-corrected chi connectivity index (χ0v) is 11.2. The molecule has 17 heavy (non-hydrogen) atoms. The number of rotatable bonds is 3. The third-order valence-electron chi connectivity index (χ3n) is 3.23. The van der Waals surface area contributed by atoms with E-state index in [0.29, 0.717) is 5.92 Å². The maximum atomic E-state index is 6.02. The summed E-state index contributed by atoms with van der Waals surface area (Å²) in [6.07, 6.45) is 2.19. The van der Waals surface area contributed by atoms with Gasteiger partial charge in [-0.2, -0.15) is 0 Å². The van der Waals surface area contributed by atoms with Crippen molar-refractivity contribution in [1.29, 1.82) is 0 Å². The second-order valence-electron chi connectivity index (χ2n) is 4.39. The lowest BCUT2D eigenvalue weighted by Gasteiger charge is -2.30. The standard InChI is InChI=1S/C12H18BrN3O/c13-9-3-4-11(14)10(6-9)12(16-15)8-2-1-5-17-7-8/h3-4,6,8,12,16H,1-2,5,7,14-15H2. The molecular weight excluding hydrogens is 282 g/mol. The van der Waals surface area contributed by atoms with Gasteiger partial charge in [0.25, 0.3) is 0 Å². The molecule has 2 rings (SSSR count). The summed E-state index contributed by atoms with van der Waals surface area (Å²) < 4.78 is 6.52. The highest BCUT2D eigenvalue weighted by atomic mass is 79.9. The van der Waals surface area contributed by atoms with Crippen molar-refractivity contribution in [2.24, 2.45) is 11.8 Å². The summed E-state index contributed by atoms with van der Waals surface area (Å²) in [7, 11) is 0. The van der Waals surface area contributed by atoms with Gasteiger partial charge in [0.15, 0.2) is 0 Å². The summed E-state index contributed by atoms with van der Waals surface area (Å²) in [5.41, 5.74) is 10.7. The number of halogens is 1. The Morgan fingerprint density at radius 3 is 2.94 bits per heavy atom. The highest BCUT2D eigenvalue weighted by molar-refractivity contribution is 9.10. The van der Waals surface area contributed by atoms with Gasteiger partial charge in [0.1, 0.15) is 0 Å². The number of hydrazine groups is 1. The first-order valence-corrected chi connectivity index (χ1v) is 6.60. The van der Waals surface area contributed by atoms with E-state index in [-0.39, 0.29) is 6.04 Å². The first kappa shape index (κ1) is 12.8. The highest BCUT2D eigenvalue weighted by Crippen LogP contribution is 2.32. The molecule has 0 spiro atoms. The molecule has 2 unspecified atom stereocenters. The van der Waals surface area contributed by atoms with Crippen molar-refractivity contribution in [3.63, 3.8) is 0 Å². The average Bonchev–Trinajstić information content (AvgIpc) is 2.36. The quantitative estimate of drug-likeness (QED) is 0.453. The Bertz CT molecular complexity index is 380. The second-order valence-corrected chi connectivity index (χ2v) is 5.31. The van der Waals surface area contributed by atoms with Crippen molar-refractivity contribution in [2.45, 2.75) is 18.9 Å². The molecule has 4 nitrogen and oxygen atoms in total. The second kappa shape index (κ2) is 5.82. The zero-order chi connectivity index (χ0) is 12.3. The summed E-state index contributed by atoms with van der Waals surface area (Å²) in [6, 6.07) is 5.90. The number of nitrogens with one attached hydrogen (secondary N) is 1. The predicted molar refractivity (Wildman–Crippen MR) is 72.2 cm³/mol. The molecule has 5 heteroatoms. The van der Waals surface area contributed by atoms with Crippen LogP contribution in [0.4, 0.5) is 5.69 Å². The zero-order valence-electron chi connectivity index (χ0n) is 9.66. The van der Waals surface area contributed by atoms with E-state index in [0.717, 1.165) is 41.8 Å². The van der Waals surface area contributed by atoms with E-state index >= 15 is 0 Å². The van der Waals surface area contributed by atoms with Crippen molar-refractivity contribution in [3.05, 3.63) is 28.2 Å². The van der Waals surface area contributed by atoms with Crippen LogP contribution in [0.1, 0.15) is 24.4 Å². The maximum Gasteiger partial charge on any atom is 0.0530 e. The van der Waals surface area contributed by atoms with Gasteiger partial charge >= 0.3 is 0 Å². The molecule has 1 aliphatic heterocycles.